The fraction of sp³-hybridized carbons (Fsp3) is 0.722. The Kier molecular flexibility index (Phi) is 28.4. The van der Waals surface area contributed by atoms with Gasteiger partial charge in [0.15, 0.2) is 18.4 Å². The van der Waals surface area contributed by atoms with Crippen LogP contribution < -0.4 is 5.32 Å². The molecule has 24 nitrogen and oxygen atoms in total. The second-order valence-corrected chi connectivity index (χ2v) is 21.5. The van der Waals surface area contributed by atoms with Crippen molar-refractivity contribution in [2.75, 3.05) is 6.61 Å². The Labute approximate surface area is 465 Å². The van der Waals surface area contributed by atoms with Crippen molar-refractivity contribution in [2.24, 2.45) is 17.8 Å². The van der Waals surface area contributed by atoms with Crippen molar-refractivity contribution in [3.05, 3.63) is 72.9 Å². The van der Waals surface area contributed by atoms with Gasteiger partial charge in [-0.05, 0) is 45.4 Å². The molecule has 0 radical (unpaired) electrons. The predicted molar refractivity (Wildman–Crippen MR) is 283 cm³/mol. The van der Waals surface area contributed by atoms with Crippen LogP contribution in [0.2, 0.25) is 0 Å². The number of rotatable bonds is 7. The molecular weight excluding hydrogens is 1060 g/mol. The molecule has 1 amide bonds. The zero-order chi connectivity index (χ0) is 58.7. The minimum Gasteiger partial charge on any atom is -0.481 e. The van der Waals surface area contributed by atoms with E-state index in [2.05, 4.69) is 17.9 Å². The van der Waals surface area contributed by atoms with Gasteiger partial charge >= 0.3 is 11.9 Å². The summed E-state index contributed by atoms with van der Waals surface area (Å²) in [5.74, 6) is -8.80. The first-order chi connectivity index (χ1) is 37.2. The smallest absolute Gasteiger partial charge is 0.311 e. The number of amides is 1. The molecule has 3 fully saturated rings. The normalized spacial score (nSPS) is 45.1. The largest absolute Gasteiger partial charge is 0.481 e. The van der Waals surface area contributed by atoms with Gasteiger partial charge in [0.2, 0.25) is 5.91 Å². The van der Waals surface area contributed by atoms with Gasteiger partial charge in [-0.25, -0.2) is 0 Å². The van der Waals surface area contributed by atoms with Crippen LogP contribution in [0.3, 0.4) is 0 Å². The molecule has 25 heteroatoms. The van der Waals surface area contributed by atoms with Crippen LogP contribution in [0, 0.1) is 17.8 Å². The van der Waals surface area contributed by atoms with Crippen molar-refractivity contribution < 1.29 is 114 Å². The van der Waals surface area contributed by atoms with Gasteiger partial charge in [-0.15, -0.1) is 12.6 Å². The molecular formula is C54H85NO23S. The van der Waals surface area contributed by atoms with Crippen LogP contribution in [0.1, 0.15) is 91.9 Å². The monoisotopic (exact) mass is 1150 g/mol. The van der Waals surface area contributed by atoms with Crippen molar-refractivity contribution in [3.8, 4) is 0 Å². The summed E-state index contributed by atoms with van der Waals surface area (Å²) in [6, 6.07) is -1.30. The average molecular weight is 1150 g/mol. The molecule has 0 aromatic heterocycles. The molecule has 4 aliphatic rings. The number of cyclic esters (lactones) is 1. The fourth-order valence-corrected chi connectivity index (χ4v) is 10.1. The number of aliphatic hydroxyl groups excluding tert-OH is 12. The zero-order valence-electron chi connectivity index (χ0n) is 44.9. The van der Waals surface area contributed by atoms with E-state index >= 15 is 0 Å². The number of carboxylic acid groups (broad SMARTS) is 1. The number of aliphatic carboxylic acids is 1. The highest BCUT2D eigenvalue weighted by Crippen LogP contribution is 2.39. The maximum Gasteiger partial charge on any atom is 0.311 e. The van der Waals surface area contributed by atoms with Crippen LogP contribution in [0.25, 0.3) is 0 Å². The lowest BCUT2D eigenvalue weighted by Crippen LogP contribution is -2.66. The molecule has 79 heavy (non-hydrogen) atoms. The average Bonchev–Trinajstić information content (AvgIpc) is 3.36. The van der Waals surface area contributed by atoms with E-state index in [1.165, 1.54) is 26.0 Å². The van der Waals surface area contributed by atoms with E-state index in [1.54, 1.807) is 62.5 Å². The molecule has 24 atom stereocenters. The first kappa shape index (κ1) is 68.0. The van der Waals surface area contributed by atoms with E-state index in [0.717, 1.165) is 0 Å². The lowest BCUT2D eigenvalue weighted by molar-refractivity contribution is -0.339. The van der Waals surface area contributed by atoms with Crippen molar-refractivity contribution >= 4 is 30.5 Å². The molecule has 4 heterocycles. The number of fused-ring (bicyclic) bond motifs is 2. The number of hydrogen-bond acceptors (Lipinski definition) is 23. The minimum atomic E-state index is -2.44. The van der Waals surface area contributed by atoms with Crippen LogP contribution in [0.15, 0.2) is 72.9 Å². The van der Waals surface area contributed by atoms with Gasteiger partial charge in [0.1, 0.15) is 41.8 Å². The third-order valence-electron chi connectivity index (χ3n) is 14.4. The number of nitrogens with one attached hydrogen (secondary N) is 1. The maximum absolute atomic E-state index is 12.7. The summed E-state index contributed by atoms with van der Waals surface area (Å²) in [5, 5.41) is 154. The summed E-state index contributed by atoms with van der Waals surface area (Å²) in [7, 11) is 0. The number of ether oxygens (including phenoxy) is 6. The second-order valence-electron chi connectivity index (χ2n) is 21.0. The fourth-order valence-electron chi connectivity index (χ4n) is 9.85. The Morgan fingerprint density at radius 3 is 1.95 bits per heavy atom. The molecule has 0 spiro atoms. The first-order valence-corrected chi connectivity index (χ1v) is 27.3. The highest BCUT2D eigenvalue weighted by Gasteiger charge is 2.53. The molecule has 0 saturated carbocycles. The quantitative estimate of drug-likeness (QED) is 0.105. The zero-order valence-corrected chi connectivity index (χ0v) is 45.8. The standard InChI is InChI=1S/C54H85NO23S/c1-28-46(67)52(73-30(3)49(28)77-51-44(55-31(4)57)48(69)47(68)41(27-56)75-51)74-35-17-15-13-11-9-7-5-6-8-10-12-14-16-18-37(62)45(66)29(2)53(79)76-42(65)23-34(60)22-33(59)21-32(58)19-20-36(61)38(63)25-54(72)26-39(64)43(50(70)71)40(24-35)78-54/h5-7,9,11-18,28-30,32-41,43-49,51-53,56,58-64,66-69,72,79H,8,10,19-27H2,1-4H3,(H,55,57)(H,70,71)/b6-5+,9-7+,13-11+,14-12+,17-15+,18-16+. The van der Waals surface area contributed by atoms with Gasteiger partial charge in [0.25, 0.3) is 0 Å². The van der Waals surface area contributed by atoms with Crippen LogP contribution >= 0.6 is 12.6 Å². The molecule has 0 aliphatic carbocycles. The van der Waals surface area contributed by atoms with E-state index in [9.17, 15) is 85.9 Å². The summed E-state index contributed by atoms with van der Waals surface area (Å²) in [6.45, 7) is 5.16. The van der Waals surface area contributed by atoms with Crippen molar-refractivity contribution in [3.63, 3.8) is 0 Å². The molecule has 0 aromatic rings. The lowest BCUT2D eigenvalue weighted by Gasteiger charge is -2.48. The van der Waals surface area contributed by atoms with Crippen LogP contribution in [0.5, 0.6) is 0 Å². The van der Waals surface area contributed by atoms with Gasteiger partial charge in [-0.1, -0.05) is 86.8 Å². The topological polar surface area (TPSA) is 402 Å². The highest BCUT2D eigenvalue weighted by molar-refractivity contribution is 7.80. The third kappa shape index (κ3) is 21.3. The highest BCUT2D eigenvalue weighted by atomic mass is 32.1. The van der Waals surface area contributed by atoms with E-state index < -0.39 is 195 Å². The second kappa shape index (κ2) is 32.9. The Hall–Kier alpha value is -3.52. The summed E-state index contributed by atoms with van der Waals surface area (Å²) in [5.41, 5.74) is -1.17. The number of carboxylic acids is 1. The predicted octanol–water partition coefficient (Wildman–Crippen LogP) is -1.20. The van der Waals surface area contributed by atoms with Crippen molar-refractivity contribution in [1.29, 1.82) is 0 Å². The van der Waals surface area contributed by atoms with Crippen molar-refractivity contribution in [1.82, 2.24) is 5.32 Å². The Morgan fingerprint density at radius 2 is 1.30 bits per heavy atom. The number of carbonyl (C=O) groups excluding carboxylic acids is 2. The number of hydrogen-bond donors (Lipinski definition) is 16. The van der Waals surface area contributed by atoms with E-state index in [1.807, 2.05) is 12.2 Å². The molecule has 0 aromatic carbocycles. The number of aliphatic hydroxyl groups is 13. The number of carbonyl (C=O) groups is 3. The van der Waals surface area contributed by atoms with Gasteiger partial charge in [0, 0.05) is 38.0 Å². The summed E-state index contributed by atoms with van der Waals surface area (Å²) >= 11 is 4.24. The van der Waals surface area contributed by atoms with Crippen molar-refractivity contribution in [2.45, 2.75) is 219 Å². The number of allylic oxidation sites excluding steroid dienone is 10. The Balaban J connectivity index is 1.58. The van der Waals surface area contributed by atoms with Gasteiger partial charge in [0.05, 0.1) is 86.3 Å². The van der Waals surface area contributed by atoms with Gasteiger partial charge in [-0.3, -0.25) is 14.4 Å². The third-order valence-corrected chi connectivity index (χ3v) is 15.0. The van der Waals surface area contributed by atoms with Gasteiger partial charge < -0.3 is 105 Å². The number of esters is 1. The number of thiol groups is 1. The SMILES string of the molecule is CC(=O)NC1C(OC2C(C)OC(OC3/C=C/C=C/C=C/C=C/CC/C=C/C=C/C(O)C(O)C(C)C(S)OC(=O)CC(O)CC(O)CC(O)CCC(O)C(O)CC4(O)CC(O)C(C(=O)O)C(C3)O4)C(O)C2C)OC(CO)C(O)C1O. The van der Waals surface area contributed by atoms with E-state index in [4.69, 9.17) is 28.4 Å². The summed E-state index contributed by atoms with van der Waals surface area (Å²) < 4.78 is 35.7. The molecule has 15 N–H and O–H groups in total. The van der Waals surface area contributed by atoms with Crippen LogP contribution in [-0.2, 0) is 42.8 Å². The molecule has 2 bridgehead atoms. The molecule has 24 unspecified atom stereocenters. The van der Waals surface area contributed by atoms with Crippen LogP contribution in [0.4, 0.5) is 0 Å². The van der Waals surface area contributed by atoms with E-state index in [0.29, 0.717) is 12.8 Å². The minimum absolute atomic E-state index is 0.202. The Bertz CT molecular complexity index is 2060. The van der Waals surface area contributed by atoms with Gasteiger partial charge in [-0.2, -0.15) is 0 Å². The van der Waals surface area contributed by atoms with E-state index in [-0.39, 0.29) is 25.7 Å². The lowest BCUT2D eigenvalue weighted by atomic mass is 9.82. The summed E-state index contributed by atoms with van der Waals surface area (Å²) in [6.07, 6.45) is -7.82. The summed E-state index contributed by atoms with van der Waals surface area (Å²) in [4.78, 5) is 37.4. The Morgan fingerprint density at radius 1 is 0.696 bits per heavy atom. The first-order valence-electron chi connectivity index (χ1n) is 26.7. The maximum atomic E-state index is 12.7. The molecule has 450 valence electrons. The molecule has 4 rings (SSSR count). The molecule has 3 saturated heterocycles. The molecule has 4 aliphatic heterocycles. The van der Waals surface area contributed by atoms with Crippen LogP contribution in [-0.4, -0.2) is 223 Å².